The fraction of sp³-hybridized carbons (Fsp3) is 0.0833. The van der Waals surface area contributed by atoms with E-state index in [2.05, 4.69) is 38.5 Å². The number of benzene rings is 3. The second kappa shape index (κ2) is 10.5. The predicted octanol–water partition coefficient (Wildman–Crippen LogP) is 7.54. The maximum Gasteiger partial charge on any atom is 0.298 e. The number of thioether (sulfide) groups is 1. The van der Waals surface area contributed by atoms with Gasteiger partial charge in [0.05, 0.1) is 21.3 Å². The Balaban J connectivity index is 1.57. The molecule has 0 unspecified atom stereocenters. The van der Waals surface area contributed by atoms with Gasteiger partial charge in [-0.05, 0) is 100 Å². The lowest BCUT2D eigenvalue weighted by Crippen LogP contribution is -2.27. The number of imide groups is 1. The molecule has 1 heterocycles. The van der Waals surface area contributed by atoms with Gasteiger partial charge in [0.1, 0.15) is 6.61 Å². The van der Waals surface area contributed by atoms with E-state index in [-0.39, 0.29) is 11.1 Å². The number of methoxy groups -OCH3 is 1. The third kappa shape index (κ3) is 5.56. The van der Waals surface area contributed by atoms with E-state index in [4.69, 9.17) is 21.1 Å². The first-order valence-corrected chi connectivity index (χ1v) is 12.7. The van der Waals surface area contributed by atoms with Crippen molar-refractivity contribution in [2.45, 2.75) is 6.61 Å². The van der Waals surface area contributed by atoms with Gasteiger partial charge in [-0.3, -0.25) is 9.59 Å². The van der Waals surface area contributed by atoms with Crippen LogP contribution in [0.15, 0.2) is 70.0 Å². The summed E-state index contributed by atoms with van der Waals surface area (Å²) >= 11 is 12.4. The molecule has 1 aliphatic rings. The number of ether oxygens (including phenoxy) is 2. The molecule has 2 amide bonds. The first kappa shape index (κ1) is 24.1. The molecule has 0 saturated carbocycles. The highest BCUT2D eigenvalue weighted by molar-refractivity contribution is 14.1. The van der Waals surface area contributed by atoms with Crippen molar-refractivity contribution in [1.29, 1.82) is 0 Å². The minimum atomic E-state index is -0.378. The number of anilines is 1. The minimum Gasteiger partial charge on any atom is -0.493 e. The van der Waals surface area contributed by atoms with Gasteiger partial charge in [-0.1, -0.05) is 39.7 Å². The molecule has 0 N–H and O–H groups in total. The summed E-state index contributed by atoms with van der Waals surface area (Å²) in [7, 11) is 1.57. The molecule has 33 heavy (non-hydrogen) atoms. The van der Waals surface area contributed by atoms with Crippen molar-refractivity contribution >= 4 is 84.8 Å². The van der Waals surface area contributed by atoms with E-state index in [1.807, 2.05) is 30.3 Å². The lowest BCUT2D eigenvalue weighted by Gasteiger charge is -2.14. The van der Waals surface area contributed by atoms with Gasteiger partial charge in [-0.2, -0.15) is 0 Å². The molecule has 0 radical (unpaired) electrons. The van der Waals surface area contributed by atoms with Crippen LogP contribution in [0.25, 0.3) is 6.08 Å². The Morgan fingerprint density at radius 3 is 2.45 bits per heavy atom. The van der Waals surface area contributed by atoms with Crippen molar-refractivity contribution in [2.75, 3.05) is 12.0 Å². The molecule has 3 aromatic carbocycles. The highest BCUT2D eigenvalue weighted by Crippen LogP contribution is 2.39. The molecule has 0 aromatic heterocycles. The smallest absolute Gasteiger partial charge is 0.298 e. The van der Waals surface area contributed by atoms with Gasteiger partial charge >= 0.3 is 0 Å². The zero-order valence-electron chi connectivity index (χ0n) is 17.2. The van der Waals surface area contributed by atoms with Crippen molar-refractivity contribution in [1.82, 2.24) is 0 Å². The number of hydrogen-bond acceptors (Lipinski definition) is 5. The van der Waals surface area contributed by atoms with Crippen LogP contribution in [0.1, 0.15) is 11.1 Å². The number of hydrogen-bond donors (Lipinski definition) is 0. The highest BCUT2D eigenvalue weighted by Gasteiger charge is 2.36. The third-order valence-electron chi connectivity index (χ3n) is 4.72. The Hall–Kier alpha value is -2.01. The lowest BCUT2D eigenvalue weighted by atomic mass is 10.1. The van der Waals surface area contributed by atoms with Gasteiger partial charge in [-0.15, -0.1) is 0 Å². The normalized spacial score (nSPS) is 14.8. The molecule has 1 fully saturated rings. The van der Waals surface area contributed by atoms with E-state index in [1.165, 1.54) is 0 Å². The van der Waals surface area contributed by atoms with Gasteiger partial charge in [0.15, 0.2) is 11.5 Å². The number of carbonyl (C=O) groups is 2. The summed E-state index contributed by atoms with van der Waals surface area (Å²) in [4.78, 5) is 26.9. The average Bonchev–Trinajstić information content (AvgIpc) is 3.07. The van der Waals surface area contributed by atoms with Crippen molar-refractivity contribution in [2.24, 2.45) is 0 Å². The van der Waals surface area contributed by atoms with E-state index in [9.17, 15) is 9.59 Å². The molecular formula is C24H16BrClINO4S. The summed E-state index contributed by atoms with van der Waals surface area (Å²) in [6, 6.07) is 18.1. The van der Waals surface area contributed by atoms with Gasteiger partial charge in [-0.25, -0.2) is 4.90 Å². The average molecular weight is 657 g/mol. The summed E-state index contributed by atoms with van der Waals surface area (Å²) in [5.74, 6) is 0.784. The molecule has 0 bridgehead atoms. The van der Waals surface area contributed by atoms with Crippen molar-refractivity contribution in [3.8, 4) is 11.5 Å². The molecule has 0 atom stereocenters. The Labute approximate surface area is 222 Å². The van der Waals surface area contributed by atoms with Crippen molar-refractivity contribution in [3.05, 3.63) is 89.8 Å². The molecule has 9 heteroatoms. The van der Waals surface area contributed by atoms with Crippen LogP contribution in [-0.2, 0) is 11.4 Å². The fourth-order valence-electron chi connectivity index (χ4n) is 3.13. The lowest BCUT2D eigenvalue weighted by molar-refractivity contribution is -0.113. The Bertz CT molecular complexity index is 1250. The van der Waals surface area contributed by atoms with E-state index in [1.54, 1.807) is 43.5 Å². The fourth-order valence-corrected chi connectivity index (χ4v) is 5.14. The van der Waals surface area contributed by atoms with Crippen LogP contribution in [0.5, 0.6) is 11.5 Å². The van der Waals surface area contributed by atoms with E-state index in [0.717, 1.165) is 35.8 Å². The standard InChI is InChI=1S/C24H16BrClINO4S/c1-31-20-11-15(10-19(27)22(20)32-13-14-2-4-16(25)5-3-14)12-21-23(29)28(24(30)33-21)18-8-6-17(26)7-9-18/h2-12H,13H2,1H3/b21-12+. The highest BCUT2D eigenvalue weighted by atomic mass is 127. The first-order valence-electron chi connectivity index (χ1n) is 9.64. The van der Waals surface area contributed by atoms with Crippen LogP contribution >= 0.6 is 61.9 Å². The van der Waals surface area contributed by atoms with Gasteiger partial charge in [0.2, 0.25) is 0 Å². The first-order chi connectivity index (χ1) is 15.9. The summed E-state index contributed by atoms with van der Waals surface area (Å²) in [6.45, 7) is 0.388. The molecular weight excluding hydrogens is 641 g/mol. The number of amides is 2. The number of nitrogens with zero attached hydrogens (tertiary/aromatic N) is 1. The molecule has 1 aliphatic heterocycles. The largest absolute Gasteiger partial charge is 0.493 e. The topological polar surface area (TPSA) is 55.8 Å². The number of halogens is 3. The number of rotatable bonds is 6. The molecule has 5 nitrogen and oxygen atoms in total. The SMILES string of the molecule is COc1cc(/C=C2/SC(=O)N(c3ccc(Cl)cc3)C2=O)cc(I)c1OCc1ccc(Br)cc1. The monoisotopic (exact) mass is 655 g/mol. The quantitative estimate of drug-likeness (QED) is 0.203. The Morgan fingerprint density at radius 1 is 1.09 bits per heavy atom. The maximum atomic E-state index is 12.9. The van der Waals surface area contributed by atoms with Gasteiger partial charge in [0.25, 0.3) is 11.1 Å². The van der Waals surface area contributed by atoms with Crippen LogP contribution < -0.4 is 14.4 Å². The molecule has 1 saturated heterocycles. The van der Waals surface area contributed by atoms with E-state index in [0.29, 0.717) is 33.7 Å². The van der Waals surface area contributed by atoms with E-state index < -0.39 is 0 Å². The Morgan fingerprint density at radius 2 is 1.79 bits per heavy atom. The third-order valence-corrected chi connectivity index (χ3v) is 7.18. The summed E-state index contributed by atoms with van der Waals surface area (Å²) < 4.78 is 13.4. The second-order valence-corrected chi connectivity index (χ2v) is 10.5. The van der Waals surface area contributed by atoms with Crippen molar-refractivity contribution in [3.63, 3.8) is 0 Å². The van der Waals surface area contributed by atoms with E-state index >= 15 is 0 Å². The van der Waals surface area contributed by atoms with Crippen molar-refractivity contribution < 1.29 is 19.1 Å². The maximum absolute atomic E-state index is 12.9. The Kier molecular flexibility index (Phi) is 7.68. The minimum absolute atomic E-state index is 0.330. The zero-order valence-corrected chi connectivity index (χ0v) is 22.5. The van der Waals surface area contributed by atoms with Crippen LogP contribution in [-0.4, -0.2) is 18.3 Å². The summed E-state index contributed by atoms with van der Waals surface area (Å²) in [6.07, 6.45) is 1.68. The molecule has 4 rings (SSSR count). The van der Waals surface area contributed by atoms with Crippen LogP contribution in [0.3, 0.4) is 0 Å². The zero-order chi connectivity index (χ0) is 23.5. The summed E-state index contributed by atoms with van der Waals surface area (Å²) in [5, 5.41) is 0.176. The molecule has 0 aliphatic carbocycles. The van der Waals surface area contributed by atoms with Crippen LogP contribution in [0, 0.1) is 3.57 Å². The second-order valence-electron chi connectivity index (χ2n) is 6.94. The molecule has 0 spiro atoms. The van der Waals surface area contributed by atoms with Gasteiger partial charge in [0, 0.05) is 9.50 Å². The number of carbonyl (C=O) groups excluding carboxylic acids is 2. The summed E-state index contributed by atoms with van der Waals surface area (Å²) in [5.41, 5.74) is 2.24. The van der Waals surface area contributed by atoms with Crippen LogP contribution in [0.2, 0.25) is 5.02 Å². The molecule has 168 valence electrons. The molecule has 3 aromatic rings. The predicted molar refractivity (Wildman–Crippen MR) is 144 cm³/mol. The van der Waals surface area contributed by atoms with Crippen LogP contribution in [0.4, 0.5) is 10.5 Å². The van der Waals surface area contributed by atoms with Gasteiger partial charge < -0.3 is 9.47 Å².